The number of rotatable bonds is 6. The topological polar surface area (TPSA) is 0 Å². The van der Waals surface area contributed by atoms with Crippen LogP contribution in [-0.4, -0.2) is 0 Å². The molecule has 22 heavy (non-hydrogen) atoms. The van der Waals surface area contributed by atoms with Crippen molar-refractivity contribution in [3.63, 3.8) is 0 Å². The van der Waals surface area contributed by atoms with Crippen molar-refractivity contribution in [3.8, 4) is 10.4 Å². The summed E-state index contributed by atoms with van der Waals surface area (Å²) in [7, 11) is 0. The van der Waals surface area contributed by atoms with E-state index in [1.165, 1.54) is 62.7 Å². The van der Waals surface area contributed by atoms with Gasteiger partial charge >= 0.3 is 0 Å². The molecule has 0 saturated heterocycles. The molecule has 0 spiro atoms. The molecule has 1 aromatic heterocycles. The minimum Gasteiger partial charge on any atom is -0.128 e. The molecule has 0 saturated carbocycles. The van der Waals surface area contributed by atoms with Gasteiger partial charge in [0.05, 0.1) is 3.79 Å². The lowest BCUT2D eigenvalue weighted by Crippen LogP contribution is -1.83. The van der Waals surface area contributed by atoms with Gasteiger partial charge in [-0.2, -0.15) is 0 Å². The molecular weight excluding hydrogens is 352 g/mol. The maximum absolute atomic E-state index is 3.77. The maximum Gasteiger partial charge on any atom is 0.0737 e. The van der Waals surface area contributed by atoms with Crippen LogP contribution in [-0.2, 0) is 6.42 Å². The van der Waals surface area contributed by atoms with E-state index in [2.05, 4.69) is 71.4 Å². The smallest absolute Gasteiger partial charge is 0.0737 e. The summed E-state index contributed by atoms with van der Waals surface area (Å²) in [5, 5.41) is 2.66. The van der Waals surface area contributed by atoms with E-state index in [1.807, 2.05) is 11.3 Å². The number of fused-ring (bicyclic) bond motifs is 1. The van der Waals surface area contributed by atoms with Gasteiger partial charge in [-0.3, -0.25) is 0 Å². The van der Waals surface area contributed by atoms with Crippen LogP contribution in [0.4, 0.5) is 0 Å². The van der Waals surface area contributed by atoms with Crippen LogP contribution in [0.25, 0.3) is 21.2 Å². The Hall–Kier alpha value is -1.12. The van der Waals surface area contributed by atoms with Gasteiger partial charge in [0.25, 0.3) is 0 Å². The van der Waals surface area contributed by atoms with Gasteiger partial charge in [0.2, 0.25) is 0 Å². The van der Waals surface area contributed by atoms with E-state index >= 15 is 0 Å². The predicted molar refractivity (Wildman–Crippen MR) is 103 cm³/mol. The molecule has 0 aliphatic heterocycles. The molecule has 0 amide bonds. The van der Waals surface area contributed by atoms with Crippen LogP contribution in [0.3, 0.4) is 0 Å². The summed E-state index contributed by atoms with van der Waals surface area (Å²) in [4.78, 5) is 1.37. The van der Waals surface area contributed by atoms with E-state index in [-0.39, 0.29) is 0 Å². The lowest BCUT2D eigenvalue weighted by molar-refractivity contribution is 0.667. The number of hydrogen-bond donors (Lipinski definition) is 0. The van der Waals surface area contributed by atoms with Crippen molar-refractivity contribution >= 4 is 38.0 Å². The first-order valence-corrected chi connectivity index (χ1v) is 9.67. The van der Waals surface area contributed by atoms with Gasteiger partial charge in [-0.25, -0.2) is 0 Å². The zero-order valence-electron chi connectivity index (χ0n) is 12.9. The lowest BCUT2D eigenvalue weighted by atomic mass is 10.0. The highest BCUT2D eigenvalue weighted by atomic mass is 79.9. The second-order valence-corrected chi connectivity index (χ2v) is 8.12. The summed E-state index contributed by atoms with van der Waals surface area (Å²) in [5.41, 5.74) is 2.81. The van der Waals surface area contributed by atoms with Crippen molar-refractivity contribution < 1.29 is 0 Å². The zero-order chi connectivity index (χ0) is 15.4. The summed E-state index contributed by atoms with van der Waals surface area (Å²) < 4.78 is 1.30. The molecule has 0 aliphatic carbocycles. The number of unbranched alkanes of at least 4 members (excludes halogenated alkanes) is 3. The highest BCUT2D eigenvalue weighted by molar-refractivity contribution is 9.11. The normalized spacial score (nSPS) is 11.2. The van der Waals surface area contributed by atoms with Gasteiger partial charge in [-0.1, -0.05) is 68.7 Å². The Morgan fingerprint density at radius 3 is 2.64 bits per heavy atom. The Morgan fingerprint density at radius 2 is 1.77 bits per heavy atom. The Balaban J connectivity index is 1.88. The van der Waals surface area contributed by atoms with Gasteiger partial charge in [0.15, 0.2) is 0 Å². The van der Waals surface area contributed by atoms with Crippen LogP contribution in [0.15, 0.2) is 52.3 Å². The fourth-order valence-corrected chi connectivity index (χ4v) is 4.70. The molecular formula is C20H21BrS. The summed E-state index contributed by atoms with van der Waals surface area (Å²) in [6, 6.07) is 17.6. The van der Waals surface area contributed by atoms with E-state index in [4.69, 9.17) is 0 Å². The van der Waals surface area contributed by atoms with Crippen molar-refractivity contribution in [3.05, 3.63) is 57.9 Å². The molecule has 3 aromatic rings. The van der Waals surface area contributed by atoms with Crippen molar-refractivity contribution in [1.82, 2.24) is 0 Å². The van der Waals surface area contributed by atoms with Crippen LogP contribution in [0.1, 0.15) is 38.2 Å². The van der Waals surface area contributed by atoms with Gasteiger partial charge in [0, 0.05) is 4.88 Å². The Morgan fingerprint density at radius 1 is 0.955 bits per heavy atom. The number of thiophene rings is 1. The first-order valence-electron chi connectivity index (χ1n) is 8.06. The first kappa shape index (κ1) is 15.8. The van der Waals surface area contributed by atoms with Crippen molar-refractivity contribution in [2.45, 2.75) is 39.0 Å². The Bertz CT molecular complexity index is 752. The van der Waals surface area contributed by atoms with Crippen LogP contribution in [0.2, 0.25) is 0 Å². The number of halogens is 1. The molecule has 114 valence electrons. The first-order chi connectivity index (χ1) is 10.8. The second-order valence-electron chi connectivity index (χ2n) is 5.75. The largest absolute Gasteiger partial charge is 0.128 e. The average molecular weight is 373 g/mol. The minimum atomic E-state index is 1.18. The van der Waals surface area contributed by atoms with Gasteiger partial charge in [0.1, 0.15) is 0 Å². The number of benzene rings is 2. The molecule has 0 radical (unpaired) electrons. The molecule has 0 aliphatic rings. The minimum absolute atomic E-state index is 1.18. The second kappa shape index (κ2) is 7.43. The maximum atomic E-state index is 3.77. The lowest BCUT2D eigenvalue weighted by Gasteiger charge is -2.03. The molecule has 2 heteroatoms. The summed E-state index contributed by atoms with van der Waals surface area (Å²) in [5.74, 6) is 0. The zero-order valence-corrected chi connectivity index (χ0v) is 15.3. The molecule has 0 atom stereocenters. The fraction of sp³-hybridized carbons (Fsp3) is 0.300. The molecule has 1 heterocycles. The standard InChI is InChI=1S/C20H21BrS/c1-2-3-4-5-10-16-14-19(22-20(16)21)18-13-8-11-15-9-6-7-12-17(15)18/h6-9,11-14H,2-5,10H2,1H3. The van der Waals surface area contributed by atoms with E-state index < -0.39 is 0 Å². The third-order valence-corrected chi connectivity index (χ3v) is 6.11. The van der Waals surface area contributed by atoms with Crippen LogP contribution >= 0.6 is 27.3 Å². The van der Waals surface area contributed by atoms with E-state index in [0.717, 1.165) is 0 Å². The highest BCUT2D eigenvalue weighted by Gasteiger charge is 2.10. The van der Waals surface area contributed by atoms with E-state index in [0.29, 0.717) is 0 Å². The van der Waals surface area contributed by atoms with Crippen LogP contribution in [0.5, 0.6) is 0 Å². The third-order valence-electron chi connectivity index (χ3n) is 4.11. The summed E-state index contributed by atoms with van der Waals surface area (Å²) >= 11 is 5.63. The van der Waals surface area contributed by atoms with E-state index in [9.17, 15) is 0 Å². The average Bonchev–Trinajstić information content (AvgIpc) is 2.92. The van der Waals surface area contributed by atoms with Gasteiger partial charge < -0.3 is 0 Å². The quantitative estimate of drug-likeness (QED) is 0.394. The van der Waals surface area contributed by atoms with Crippen molar-refractivity contribution in [1.29, 1.82) is 0 Å². The molecule has 0 N–H and O–H groups in total. The van der Waals surface area contributed by atoms with Crippen molar-refractivity contribution in [2.24, 2.45) is 0 Å². The summed E-state index contributed by atoms with van der Waals surface area (Å²) in [6.45, 7) is 2.26. The molecule has 3 rings (SSSR count). The van der Waals surface area contributed by atoms with Crippen molar-refractivity contribution in [2.75, 3.05) is 0 Å². The van der Waals surface area contributed by atoms with Gasteiger partial charge in [-0.05, 0) is 56.7 Å². The van der Waals surface area contributed by atoms with Crippen LogP contribution < -0.4 is 0 Å². The van der Waals surface area contributed by atoms with Gasteiger partial charge in [-0.15, -0.1) is 11.3 Å². The highest BCUT2D eigenvalue weighted by Crippen LogP contribution is 2.38. The Labute approximate surface area is 145 Å². The molecule has 0 unspecified atom stereocenters. The number of aryl methyl sites for hydroxylation is 1. The summed E-state index contributed by atoms with van der Waals surface area (Å²) in [6.07, 6.45) is 6.45. The van der Waals surface area contributed by atoms with E-state index in [1.54, 1.807) is 0 Å². The Kier molecular flexibility index (Phi) is 5.32. The van der Waals surface area contributed by atoms with Crippen LogP contribution in [0, 0.1) is 0 Å². The third kappa shape index (κ3) is 3.44. The molecule has 0 fully saturated rings. The predicted octanol–water partition coefficient (Wildman–Crippen LogP) is 7.45. The monoisotopic (exact) mass is 372 g/mol. The SMILES string of the molecule is CCCCCCc1cc(-c2cccc3ccccc23)sc1Br. The number of hydrogen-bond acceptors (Lipinski definition) is 1. The molecule has 0 nitrogen and oxygen atoms in total. The molecule has 2 aromatic carbocycles. The molecule has 0 bridgehead atoms. The fourth-order valence-electron chi connectivity index (χ4n) is 2.89.